The minimum Gasteiger partial charge on any atom is -0.375 e. The van der Waals surface area contributed by atoms with Crippen LogP contribution in [0.3, 0.4) is 0 Å². The summed E-state index contributed by atoms with van der Waals surface area (Å²) in [4.78, 5) is 25.0. The zero-order valence-electron chi connectivity index (χ0n) is 14.2. The van der Waals surface area contributed by atoms with Crippen LogP contribution in [0.1, 0.15) is 49.1 Å². The zero-order chi connectivity index (χ0) is 17.6. The lowest BCUT2D eigenvalue weighted by Gasteiger charge is -2.36. The lowest BCUT2D eigenvalue weighted by Crippen LogP contribution is -2.36. The van der Waals surface area contributed by atoms with Crippen LogP contribution < -0.4 is 10.9 Å². The molecule has 0 saturated carbocycles. The molecule has 1 fully saturated rings. The van der Waals surface area contributed by atoms with Gasteiger partial charge in [-0.25, -0.2) is 0 Å². The first-order valence-electron chi connectivity index (χ1n) is 8.36. The first-order chi connectivity index (χ1) is 11.9. The number of carbonyl (C=O) groups excluding carboxylic acids is 1. The first kappa shape index (κ1) is 16.9. The Kier molecular flexibility index (Phi) is 4.29. The van der Waals surface area contributed by atoms with Crippen molar-refractivity contribution in [3.05, 3.63) is 38.3 Å². The molecule has 0 spiro atoms. The van der Waals surface area contributed by atoms with Crippen LogP contribution in [0.15, 0.2) is 21.6 Å². The van der Waals surface area contributed by atoms with E-state index in [0.29, 0.717) is 23.7 Å². The number of amides is 1. The predicted octanol–water partition coefficient (Wildman–Crippen LogP) is 3.14. The molecule has 1 amide bonds. The van der Waals surface area contributed by atoms with Crippen LogP contribution in [-0.4, -0.2) is 33.6 Å². The molecule has 6 nitrogen and oxygen atoms in total. The van der Waals surface area contributed by atoms with Crippen molar-refractivity contribution in [2.45, 2.75) is 43.6 Å². The average molecular weight is 380 g/mol. The largest absolute Gasteiger partial charge is 0.375 e. The molecule has 134 valence electrons. The number of aromatic amines is 1. The van der Waals surface area contributed by atoms with E-state index >= 15 is 0 Å². The third kappa shape index (κ3) is 3.18. The highest BCUT2D eigenvalue weighted by Gasteiger charge is 2.35. The van der Waals surface area contributed by atoms with Crippen molar-refractivity contribution in [2.75, 3.05) is 17.7 Å². The van der Waals surface area contributed by atoms with Gasteiger partial charge in [0.15, 0.2) is 0 Å². The number of anilines is 1. The topological polar surface area (TPSA) is 76.1 Å². The quantitative estimate of drug-likeness (QED) is 0.840. The van der Waals surface area contributed by atoms with Crippen molar-refractivity contribution < 1.29 is 9.53 Å². The third-order valence-electron chi connectivity index (χ3n) is 4.75. The van der Waals surface area contributed by atoms with E-state index in [0.717, 1.165) is 18.4 Å². The van der Waals surface area contributed by atoms with Gasteiger partial charge in [0.25, 0.3) is 5.56 Å². The molecule has 2 aliphatic rings. The van der Waals surface area contributed by atoms with Crippen molar-refractivity contribution in [3.63, 3.8) is 0 Å². The average Bonchev–Trinajstić information content (AvgIpc) is 3.13. The lowest BCUT2D eigenvalue weighted by molar-refractivity contribution is -0.113. The van der Waals surface area contributed by atoms with Gasteiger partial charge in [0.1, 0.15) is 5.82 Å². The van der Waals surface area contributed by atoms with Gasteiger partial charge in [0.05, 0.1) is 28.2 Å². The Morgan fingerprint density at radius 1 is 1.36 bits per heavy atom. The Bertz CT molecular complexity index is 838. The van der Waals surface area contributed by atoms with Crippen molar-refractivity contribution in [2.24, 2.45) is 0 Å². The van der Waals surface area contributed by atoms with E-state index in [4.69, 9.17) is 4.74 Å². The number of nitrogens with one attached hydrogen (secondary N) is 2. The van der Waals surface area contributed by atoms with Crippen LogP contribution in [0, 0.1) is 0 Å². The predicted molar refractivity (Wildman–Crippen MR) is 101 cm³/mol. The number of thiophene rings is 1. The van der Waals surface area contributed by atoms with Crippen LogP contribution in [0.2, 0.25) is 0 Å². The van der Waals surface area contributed by atoms with Gasteiger partial charge in [-0.15, -0.1) is 11.8 Å². The number of hydrogen-bond acceptors (Lipinski definition) is 5. The van der Waals surface area contributed by atoms with Crippen molar-refractivity contribution in [1.82, 2.24) is 9.78 Å². The summed E-state index contributed by atoms with van der Waals surface area (Å²) in [6.45, 7) is 4.76. The first-order valence-corrected chi connectivity index (χ1v) is 10.4. The van der Waals surface area contributed by atoms with Crippen LogP contribution in [0.25, 0.3) is 0 Å². The van der Waals surface area contributed by atoms with E-state index in [1.165, 1.54) is 11.8 Å². The van der Waals surface area contributed by atoms with E-state index in [1.54, 1.807) is 11.3 Å². The van der Waals surface area contributed by atoms with Crippen LogP contribution >= 0.6 is 23.1 Å². The highest BCUT2D eigenvalue weighted by atomic mass is 32.2. The summed E-state index contributed by atoms with van der Waals surface area (Å²) in [6.07, 6.45) is 1.60. The molecule has 1 saturated heterocycles. The second-order valence-electron chi connectivity index (χ2n) is 7.12. The minimum absolute atomic E-state index is 0.0666. The number of hydrogen-bond donors (Lipinski definition) is 2. The molecule has 2 atom stereocenters. The maximum absolute atomic E-state index is 12.8. The second kappa shape index (κ2) is 6.34. The number of H-pyrrole nitrogens is 1. The molecule has 2 aromatic rings. The highest BCUT2D eigenvalue weighted by molar-refractivity contribution is 8.00. The molecular weight excluding hydrogens is 358 g/mol. The standard InChI is InChI=1S/C17H21N3O3S2/c1-17(2)7-11(3-5-23-17)20-15-13(16(22)19-20)14(10-4-6-24-8-10)25-9-12(21)18-15/h4,6,8,11,14H,3,5,7,9H2,1-2H3,(H,18,21)(H,19,22)/t11-,14+/m1/s1. The van der Waals surface area contributed by atoms with Crippen LogP contribution in [0.4, 0.5) is 5.82 Å². The summed E-state index contributed by atoms with van der Waals surface area (Å²) in [5.41, 5.74) is 1.36. The number of fused-ring (bicyclic) bond motifs is 1. The van der Waals surface area contributed by atoms with Crippen molar-refractivity contribution in [3.8, 4) is 0 Å². The molecule has 2 aliphatic heterocycles. The van der Waals surface area contributed by atoms with E-state index < -0.39 is 0 Å². The van der Waals surface area contributed by atoms with Crippen molar-refractivity contribution >= 4 is 34.8 Å². The van der Waals surface area contributed by atoms with Gasteiger partial charge < -0.3 is 10.1 Å². The molecule has 0 bridgehead atoms. The van der Waals surface area contributed by atoms with Gasteiger partial charge in [0, 0.05) is 6.61 Å². The van der Waals surface area contributed by atoms with Crippen LogP contribution in [0.5, 0.6) is 0 Å². The Morgan fingerprint density at radius 3 is 2.92 bits per heavy atom. The van der Waals surface area contributed by atoms with E-state index in [-0.39, 0.29) is 28.4 Å². The smallest absolute Gasteiger partial charge is 0.270 e. The van der Waals surface area contributed by atoms with E-state index in [9.17, 15) is 9.59 Å². The normalized spacial score (nSPS) is 25.9. The summed E-state index contributed by atoms with van der Waals surface area (Å²) < 4.78 is 7.66. The molecule has 0 aromatic carbocycles. The number of ether oxygens (including phenoxy) is 1. The molecule has 0 radical (unpaired) electrons. The number of thioether (sulfide) groups is 1. The summed E-state index contributed by atoms with van der Waals surface area (Å²) >= 11 is 3.10. The lowest BCUT2D eigenvalue weighted by atomic mass is 9.94. The van der Waals surface area contributed by atoms with Gasteiger partial charge >= 0.3 is 0 Å². The van der Waals surface area contributed by atoms with Gasteiger partial charge in [-0.05, 0) is 49.1 Å². The molecule has 8 heteroatoms. The van der Waals surface area contributed by atoms with E-state index in [1.807, 2.05) is 21.5 Å². The molecule has 4 heterocycles. The monoisotopic (exact) mass is 379 g/mol. The fourth-order valence-corrected chi connectivity index (χ4v) is 5.51. The molecular formula is C17H21N3O3S2. The third-order valence-corrected chi connectivity index (χ3v) is 6.72. The summed E-state index contributed by atoms with van der Waals surface area (Å²) in [5, 5.41) is 9.87. The SMILES string of the molecule is CC1(C)C[C@H](n2[nH]c(=O)c3c2NC(=O)CS[C@H]3c2ccsc2)CCO1. The van der Waals surface area contributed by atoms with Gasteiger partial charge in [-0.2, -0.15) is 11.3 Å². The highest BCUT2D eigenvalue weighted by Crippen LogP contribution is 2.42. The summed E-state index contributed by atoms with van der Waals surface area (Å²) in [5.74, 6) is 0.899. The van der Waals surface area contributed by atoms with Crippen LogP contribution in [-0.2, 0) is 9.53 Å². The fourth-order valence-electron chi connectivity index (χ4n) is 3.63. The summed E-state index contributed by atoms with van der Waals surface area (Å²) in [6, 6.07) is 2.13. The maximum Gasteiger partial charge on any atom is 0.270 e. The Balaban J connectivity index is 1.80. The van der Waals surface area contributed by atoms with Gasteiger partial charge in [0.2, 0.25) is 5.91 Å². The zero-order valence-corrected chi connectivity index (χ0v) is 15.8. The van der Waals surface area contributed by atoms with Crippen molar-refractivity contribution in [1.29, 1.82) is 0 Å². The second-order valence-corrected chi connectivity index (χ2v) is 9.00. The molecule has 2 N–H and O–H groups in total. The molecule has 0 aliphatic carbocycles. The van der Waals surface area contributed by atoms with Gasteiger partial charge in [-0.3, -0.25) is 19.4 Å². The fraction of sp³-hybridized carbons (Fsp3) is 0.529. The maximum atomic E-state index is 12.8. The summed E-state index contributed by atoms with van der Waals surface area (Å²) in [7, 11) is 0. The molecule has 2 aromatic heterocycles. The molecule has 4 rings (SSSR count). The van der Waals surface area contributed by atoms with E-state index in [2.05, 4.69) is 24.3 Å². The minimum atomic E-state index is -0.243. The van der Waals surface area contributed by atoms with Gasteiger partial charge in [-0.1, -0.05) is 0 Å². The Hall–Kier alpha value is -1.51. The number of nitrogens with zero attached hydrogens (tertiary/aromatic N) is 1. The number of carbonyl (C=O) groups is 1. The Labute approximate surface area is 153 Å². The molecule has 0 unspecified atom stereocenters. The Morgan fingerprint density at radius 2 is 2.20 bits per heavy atom. The number of aromatic nitrogens is 2. The molecule has 25 heavy (non-hydrogen) atoms. The number of rotatable bonds is 2.